The average Bonchev–Trinajstić information content (AvgIpc) is 2.71. The molecule has 0 N–H and O–H groups in total. The summed E-state index contributed by atoms with van der Waals surface area (Å²) in [6.45, 7) is 8.24. The van der Waals surface area contributed by atoms with Crippen molar-refractivity contribution in [2.75, 3.05) is 31.1 Å². The van der Waals surface area contributed by atoms with Crippen LogP contribution in [0.2, 0.25) is 0 Å². The minimum atomic E-state index is -0.0821. The fourth-order valence-corrected chi connectivity index (χ4v) is 3.70. The lowest BCUT2D eigenvalue weighted by Crippen LogP contribution is -2.46. The van der Waals surface area contributed by atoms with Crippen molar-refractivity contribution >= 4 is 16.6 Å². The van der Waals surface area contributed by atoms with Gasteiger partial charge in [0.1, 0.15) is 0 Å². The summed E-state index contributed by atoms with van der Waals surface area (Å²) in [5, 5.41) is 4.75. The minimum absolute atomic E-state index is 0.00369. The van der Waals surface area contributed by atoms with Gasteiger partial charge in [0, 0.05) is 57.6 Å². The van der Waals surface area contributed by atoms with Crippen molar-refractivity contribution in [1.29, 1.82) is 0 Å². The van der Waals surface area contributed by atoms with Crippen molar-refractivity contribution < 1.29 is 0 Å². The van der Waals surface area contributed by atoms with E-state index in [-0.39, 0.29) is 17.2 Å². The Morgan fingerprint density at radius 3 is 2.52 bits per heavy atom. The van der Waals surface area contributed by atoms with Crippen LogP contribution in [0, 0.1) is 0 Å². The van der Waals surface area contributed by atoms with Crippen LogP contribution in [0.15, 0.2) is 46.4 Å². The first kappa shape index (κ1) is 19.3. The van der Waals surface area contributed by atoms with Gasteiger partial charge in [-0.3, -0.25) is 19.1 Å². The van der Waals surface area contributed by atoms with E-state index in [4.69, 9.17) is 0 Å². The van der Waals surface area contributed by atoms with Crippen LogP contribution in [0.3, 0.4) is 0 Å². The van der Waals surface area contributed by atoms with Crippen molar-refractivity contribution in [3.05, 3.63) is 63.1 Å². The van der Waals surface area contributed by atoms with Crippen molar-refractivity contribution in [1.82, 2.24) is 24.2 Å². The van der Waals surface area contributed by atoms with Crippen LogP contribution in [-0.4, -0.2) is 50.4 Å². The number of hydrogen-bond donors (Lipinski definition) is 0. The second-order valence-corrected chi connectivity index (χ2v) is 7.84. The van der Waals surface area contributed by atoms with Crippen molar-refractivity contribution in [2.24, 2.45) is 7.05 Å². The molecule has 0 saturated carbocycles. The summed E-state index contributed by atoms with van der Waals surface area (Å²) >= 11 is 0. The first-order chi connectivity index (χ1) is 13.9. The van der Waals surface area contributed by atoms with Crippen molar-refractivity contribution in [3.63, 3.8) is 0 Å². The third-order valence-corrected chi connectivity index (χ3v) is 5.49. The number of piperazine rings is 1. The molecule has 3 aromatic rings. The van der Waals surface area contributed by atoms with E-state index in [2.05, 4.69) is 19.9 Å². The molecular formula is C21H26N6O2. The summed E-state index contributed by atoms with van der Waals surface area (Å²) in [5.41, 5.74) is 2.68. The van der Waals surface area contributed by atoms with Crippen LogP contribution in [0.1, 0.15) is 25.5 Å². The van der Waals surface area contributed by atoms with Crippen LogP contribution in [0.5, 0.6) is 0 Å². The molecule has 0 spiro atoms. The molecule has 29 heavy (non-hydrogen) atoms. The van der Waals surface area contributed by atoms with Gasteiger partial charge in [0.25, 0.3) is 11.1 Å². The van der Waals surface area contributed by atoms with Gasteiger partial charge < -0.3 is 4.90 Å². The lowest BCUT2D eigenvalue weighted by Gasteiger charge is -2.36. The lowest BCUT2D eigenvalue weighted by molar-refractivity contribution is 0.249. The topological polar surface area (TPSA) is 76.3 Å². The highest BCUT2D eigenvalue weighted by atomic mass is 16.1. The second kappa shape index (κ2) is 7.79. The summed E-state index contributed by atoms with van der Waals surface area (Å²) < 4.78 is 3.00. The SMILES string of the molecule is CC(C)n1cnc2cc(N3CCN(Cc4cnn(C)c(=O)c4)CC3)ccc2c1=O. The number of benzene rings is 1. The number of anilines is 1. The van der Waals surface area contributed by atoms with Gasteiger partial charge in [-0.05, 0) is 37.6 Å². The van der Waals surface area contributed by atoms with E-state index < -0.39 is 0 Å². The zero-order valence-corrected chi connectivity index (χ0v) is 17.1. The maximum atomic E-state index is 12.6. The molecule has 0 atom stereocenters. The van der Waals surface area contributed by atoms with Gasteiger partial charge in [-0.15, -0.1) is 0 Å². The predicted octanol–water partition coefficient (Wildman–Crippen LogP) is 1.39. The Balaban J connectivity index is 1.46. The Morgan fingerprint density at radius 1 is 1.07 bits per heavy atom. The van der Waals surface area contributed by atoms with Gasteiger partial charge in [0.15, 0.2) is 0 Å². The highest BCUT2D eigenvalue weighted by Gasteiger charge is 2.18. The molecule has 0 amide bonds. The normalized spacial score (nSPS) is 15.4. The fourth-order valence-electron chi connectivity index (χ4n) is 3.70. The molecule has 0 unspecified atom stereocenters. The molecule has 2 aromatic heterocycles. The molecule has 0 aliphatic carbocycles. The van der Waals surface area contributed by atoms with E-state index in [9.17, 15) is 9.59 Å². The van der Waals surface area contributed by atoms with E-state index in [0.29, 0.717) is 5.39 Å². The molecule has 1 aromatic carbocycles. The summed E-state index contributed by atoms with van der Waals surface area (Å²) in [7, 11) is 1.65. The monoisotopic (exact) mass is 394 g/mol. The van der Waals surface area contributed by atoms with Crippen LogP contribution in [0.4, 0.5) is 5.69 Å². The van der Waals surface area contributed by atoms with Crippen LogP contribution >= 0.6 is 0 Å². The first-order valence-corrected chi connectivity index (χ1v) is 9.93. The molecule has 1 aliphatic heterocycles. The first-order valence-electron chi connectivity index (χ1n) is 9.93. The highest BCUT2D eigenvalue weighted by molar-refractivity contribution is 5.81. The molecule has 152 valence electrons. The quantitative estimate of drug-likeness (QED) is 0.666. The number of rotatable bonds is 4. The van der Waals surface area contributed by atoms with Gasteiger partial charge in [-0.2, -0.15) is 5.10 Å². The van der Waals surface area contributed by atoms with E-state index in [1.165, 1.54) is 4.68 Å². The Bertz CT molecular complexity index is 1140. The molecule has 3 heterocycles. The van der Waals surface area contributed by atoms with Gasteiger partial charge >= 0.3 is 0 Å². The highest BCUT2D eigenvalue weighted by Crippen LogP contribution is 2.21. The molecule has 1 aliphatic rings. The maximum absolute atomic E-state index is 12.6. The number of fused-ring (bicyclic) bond motifs is 1. The summed E-state index contributed by atoms with van der Waals surface area (Å²) in [5.74, 6) is 0. The molecule has 1 fully saturated rings. The van der Waals surface area contributed by atoms with E-state index in [0.717, 1.165) is 49.5 Å². The zero-order chi connectivity index (χ0) is 20.5. The summed E-state index contributed by atoms with van der Waals surface area (Å²) in [6, 6.07) is 7.64. The largest absolute Gasteiger partial charge is 0.369 e. The van der Waals surface area contributed by atoms with E-state index in [1.807, 2.05) is 32.0 Å². The van der Waals surface area contributed by atoms with Crippen molar-refractivity contribution in [2.45, 2.75) is 26.4 Å². The van der Waals surface area contributed by atoms with Crippen molar-refractivity contribution in [3.8, 4) is 0 Å². The van der Waals surface area contributed by atoms with Crippen LogP contribution in [0.25, 0.3) is 10.9 Å². The Kier molecular flexibility index (Phi) is 5.19. The number of hydrogen-bond acceptors (Lipinski definition) is 6. The summed E-state index contributed by atoms with van der Waals surface area (Å²) in [6.07, 6.45) is 3.39. The van der Waals surface area contributed by atoms with E-state index in [1.54, 1.807) is 30.2 Å². The third-order valence-electron chi connectivity index (χ3n) is 5.49. The maximum Gasteiger partial charge on any atom is 0.266 e. The minimum Gasteiger partial charge on any atom is -0.369 e. The lowest BCUT2D eigenvalue weighted by atomic mass is 10.1. The predicted molar refractivity (Wildman–Crippen MR) is 113 cm³/mol. The van der Waals surface area contributed by atoms with Gasteiger partial charge in [0.2, 0.25) is 0 Å². The second-order valence-electron chi connectivity index (χ2n) is 7.84. The Morgan fingerprint density at radius 2 is 1.83 bits per heavy atom. The fraction of sp³-hybridized carbons (Fsp3) is 0.429. The number of aromatic nitrogens is 4. The number of nitrogens with zero attached hydrogens (tertiary/aromatic N) is 6. The Hall–Kier alpha value is -3.00. The van der Waals surface area contributed by atoms with Gasteiger partial charge in [-0.25, -0.2) is 9.67 Å². The van der Waals surface area contributed by atoms with E-state index >= 15 is 0 Å². The molecule has 0 radical (unpaired) electrons. The molecular weight excluding hydrogens is 368 g/mol. The number of aryl methyl sites for hydroxylation is 1. The molecule has 4 rings (SSSR count). The van der Waals surface area contributed by atoms with Gasteiger partial charge in [0.05, 0.1) is 23.4 Å². The molecule has 8 heteroatoms. The average molecular weight is 394 g/mol. The Labute approximate surface area is 169 Å². The molecule has 1 saturated heterocycles. The smallest absolute Gasteiger partial charge is 0.266 e. The standard InChI is InChI=1S/C21H26N6O2/c1-15(2)27-14-22-19-11-17(4-5-18(19)21(27)29)26-8-6-25(7-9-26)13-16-10-20(28)24(3)23-12-16/h4-5,10-12,14-15H,6-9,13H2,1-3H3. The molecule has 0 bridgehead atoms. The van der Waals surface area contributed by atoms with Gasteiger partial charge in [-0.1, -0.05) is 0 Å². The zero-order valence-electron chi connectivity index (χ0n) is 17.1. The van der Waals surface area contributed by atoms with Crippen LogP contribution < -0.4 is 16.0 Å². The summed E-state index contributed by atoms with van der Waals surface area (Å²) in [4.78, 5) is 33.5. The van der Waals surface area contributed by atoms with Crippen LogP contribution in [-0.2, 0) is 13.6 Å². The third kappa shape index (κ3) is 3.93. The molecule has 8 nitrogen and oxygen atoms in total.